The molecule has 2 rings (SSSR count). The van der Waals surface area contributed by atoms with Gasteiger partial charge in [0.15, 0.2) is 0 Å². The highest BCUT2D eigenvalue weighted by Gasteiger charge is 2.35. The fraction of sp³-hybridized carbons (Fsp3) is 0.273. The summed E-state index contributed by atoms with van der Waals surface area (Å²) in [6.45, 7) is 0. The van der Waals surface area contributed by atoms with E-state index in [0.29, 0.717) is 16.7 Å². The van der Waals surface area contributed by atoms with Crippen molar-refractivity contribution in [2.24, 2.45) is 0 Å². The zero-order chi connectivity index (χ0) is 13.3. The summed E-state index contributed by atoms with van der Waals surface area (Å²) in [7, 11) is 0. The Bertz CT molecular complexity index is 509. The van der Waals surface area contributed by atoms with Crippen molar-refractivity contribution in [1.29, 1.82) is 0 Å². The van der Waals surface area contributed by atoms with Gasteiger partial charge in [0, 0.05) is 10.8 Å². The predicted octanol–water partition coefficient (Wildman–Crippen LogP) is 2.59. The van der Waals surface area contributed by atoms with E-state index in [1.807, 2.05) is 0 Å². The van der Waals surface area contributed by atoms with Crippen molar-refractivity contribution in [1.82, 2.24) is 4.90 Å². The van der Waals surface area contributed by atoms with E-state index in [1.165, 1.54) is 28.8 Å². The van der Waals surface area contributed by atoms with E-state index >= 15 is 0 Å². The minimum atomic E-state index is -1.01. The van der Waals surface area contributed by atoms with Gasteiger partial charge in [-0.1, -0.05) is 23.2 Å². The van der Waals surface area contributed by atoms with Gasteiger partial charge in [-0.3, -0.25) is 4.79 Å². The molecule has 0 spiro atoms. The average molecular weight is 306 g/mol. The van der Waals surface area contributed by atoms with Crippen molar-refractivity contribution in [3.05, 3.63) is 33.8 Å². The van der Waals surface area contributed by atoms with Gasteiger partial charge in [-0.05, 0) is 18.2 Å². The predicted molar refractivity (Wildman–Crippen MR) is 71.4 cm³/mol. The second-order valence-corrected chi connectivity index (χ2v) is 5.60. The molecule has 0 aromatic heterocycles. The molecule has 1 saturated heterocycles. The molecule has 1 fully saturated rings. The first-order valence-electron chi connectivity index (χ1n) is 5.07. The molecule has 1 aromatic rings. The van der Waals surface area contributed by atoms with Crippen LogP contribution in [-0.2, 0) is 4.79 Å². The highest BCUT2D eigenvalue weighted by molar-refractivity contribution is 7.99. The number of carbonyl (C=O) groups excluding carboxylic acids is 1. The van der Waals surface area contributed by atoms with Gasteiger partial charge in [-0.2, -0.15) is 0 Å². The number of hydrogen-bond donors (Lipinski definition) is 1. The summed E-state index contributed by atoms with van der Waals surface area (Å²) in [4.78, 5) is 24.6. The Morgan fingerprint density at radius 2 is 2.11 bits per heavy atom. The number of carbonyl (C=O) groups is 2. The summed E-state index contributed by atoms with van der Waals surface area (Å²) >= 11 is 13.2. The lowest BCUT2D eigenvalue weighted by atomic mass is 10.1. The van der Waals surface area contributed by atoms with Crippen molar-refractivity contribution in [3.8, 4) is 0 Å². The molecule has 0 aliphatic carbocycles. The number of rotatable bonds is 2. The smallest absolute Gasteiger partial charge is 0.327 e. The van der Waals surface area contributed by atoms with Crippen LogP contribution >= 0.6 is 35.0 Å². The third-order valence-electron chi connectivity index (χ3n) is 2.59. The van der Waals surface area contributed by atoms with Crippen LogP contribution in [0, 0.1) is 0 Å². The molecular weight excluding hydrogens is 297 g/mol. The molecule has 1 heterocycles. The first-order valence-corrected chi connectivity index (χ1v) is 6.98. The van der Waals surface area contributed by atoms with E-state index in [9.17, 15) is 9.59 Å². The molecule has 18 heavy (non-hydrogen) atoms. The van der Waals surface area contributed by atoms with E-state index in [2.05, 4.69) is 0 Å². The topological polar surface area (TPSA) is 57.6 Å². The lowest BCUT2D eigenvalue weighted by molar-refractivity contribution is -0.140. The Hall–Kier alpha value is -0.910. The number of halogens is 2. The standard InChI is InChI=1S/C11H9Cl2NO3S/c12-6-1-2-8(13)7(3-6)10(15)14-5-18-4-9(14)11(16)17/h1-3,9H,4-5H2,(H,16,17). The van der Waals surface area contributed by atoms with Gasteiger partial charge >= 0.3 is 5.97 Å². The number of aliphatic carboxylic acids is 1. The molecule has 1 amide bonds. The Labute approximate surface area is 118 Å². The van der Waals surface area contributed by atoms with Crippen LogP contribution < -0.4 is 0 Å². The van der Waals surface area contributed by atoms with Crippen LogP contribution in [0.3, 0.4) is 0 Å². The van der Waals surface area contributed by atoms with E-state index in [1.54, 1.807) is 6.07 Å². The first kappa shape index (κ1) is 13.5. The Kier molecular flexibility index (Phi) is 4.04. The van der Waals surface area contributed by atoms with Gasteiger partial charge in [0.2, 0.25) is 0 Å². The number of hydrogen-bond acceptors (Lipinski definition) is 3. The highest BCUT2D eigenvalue weighted by atomic mass is 35.5. The van der Waals surface area contributed by atoms with Gasteiger partial charge in [0.1, 0.15) is 6.04 Å². The molecule has 0 saturated carbocycles. The summed E-state index contributed by atoms with van der Waals surface area (Å²) < 4.78 is 0. The zero-order valence-corrected chi connectivity index (χ0v) is 11.4. The van der Waals surface area contributed by atoms with Gasteiger partial charge < -0.3 is 10.0 Å². The largest absolute Gasteiger partial charge is 0.480 e. The molecule has 96 valence electrons. The lowest BCUT2D eigenvalue weighted by Gasteiger charge is -2.21. The van der Waals surface area contributed by atoms with Crippen LogP contribution in [0.5, 0.6) is 0 Å². The molecule has 1 aliphatic rings. The quantitative estimate of drug-likeness (QED) is 0.912. The average Bonchev–Trinajstić information content (AvgIpc) is 2.80. The normalized spacial score (nSPS) is 19.0. The molecule has 1 unspecified atom stereocenters. The summed E-state index contributed by atoms with van der Waals surface area (Å²) in [5.41, 5.74) is 0.234. The van der Waals surface area contributed by atoms with E-state index in [0.717, 1.165) is 0 Å². The maximum absolute atomic E-state index is 12.2. The fourth-order valence-electron chi connectivity index (χ4n) is 1.66. The van der Waals surface area contributed by atoms with Crippen molar-refractivity contribution >= 4 is 46.8 Å². The van der Waals surface area contributed by atoms with Crippen LogP contribution in [0.1, 0.15) is 10.4 Å². The van der Waals surface area contributed by atoms with Gasteiger partial charge in [-0.25, -0.2) is 4.79 Å². The van der Waals surface area contributed by atoms with Crippen molar-refractivity contribution in [2.45, 2.75) is 6.04 Å². The zero-order valence-electron chi connectivity index (χ0n) is 9.10. The number of carboxylic acids is 1. The first-order chi connectivity index (χ1) is 8.50. The lowest BCUT2D eigenvalue weighted by Crippen LogP contribution is -2.41. The molecule has 0 bridgehead atoms. The summed E-state index contributed by atoms with van der Waals surface area (Å²) in [5, 5.41) is 9.70. The Morgan fingerprint density at radius 3 is 2.78 bits per heavy atom. The number of nitrogens with zero attached hydrogens (tertiary/aromatic N) is 1. The van der Waals surface area contributed by atoms with E-state index < -0.39 is 17.9 Å². The third kappa shape index (κ3) is 2.58. The molecular formula is C11H9Cl2NO3S. The van der Waals surface area contributed by atoms with Crippen molar-refractivity contribution < 1.29 is 14.7 Å². The number of benzene rings is 1. The summed E-state index contributed by atoms with van der Waals surface area (Å²) in [6, 6.07) is 3.75. The molecule has 1 atom stereocenters. The maximum Gasteiger partial charge on any atom is 0.327 e. The molecule has 4 nitrogen and oxygen atoms in total. The monoisotopic (exact) mass is 305 g/mol. The second-order valence-electron chi connectivity index (χ2n) is 3.75. The van der Waals surface area contributed by atoms with Crippen LogP contribution in [0.15, 0.2) is 18.2 Å². The second kappa shape index (κ2) is 5.38. The molecule has 7 heteroatoms. The summed E-state index contributed by atoms with van der Waals surface area (Å²) in [5.74, 6) is -0.677. The third-order valence-corrected chi connectivity index (χ3v) is 4.16. The number of amides is 1. The maximum atomic E-state index is 12.2. The number of thioether (sulfide) groups is 1. The number of carboxylic acid groups (broad SMARTS) is 1. The van der Waals surface area contributed by atoms with E-state index in [4.69, 9.17) is 28.3 Å². The van der Waals surface area contributed by atoms with Crippen LogP contribution in [0.25, 0.3) is 0 Å². The van der Waals surface area contributed by atoms with E-state index in [-0.39, 0.29) is 10.6 Å². The summed E-state index contributed by atoms with van der Waals surface area (Å²) in [6.07, 6.45) is 0. The van der Waals surface area contributed by atoms with Crippen LogP contribution in [-0.4, -0.2) is 39.6 Å². The minimum Gasteiger partial charge on any atom is -0.480 e. The van der Waals surface area contributed by atoms with Gasteiger partial charge in [0.05, 0.1) is 16.5 Å². The molecule has 0 radical (unpaired) electrons. The van der Waals surface area contributed by atoms with Crippen molar-refractivity contribution in [3.63, 3.8) is 0 Å². The SMILES string of the molecule is O=C(O)C1CSCN1C(=O)c1cc(Cl)ccc1Cl. The van der Waals surface area contributed by atoms with Gasteiger partial charge in [-0.15, -0.1) is 11.8 Å². The van der Waals surface area contributed by atoms with Crippen LogP contribution in [0.2, 0.25) is 10.0 Å². The minimum absolute atomic E-state index is 0.234. The van der Waals surface area contributed by atoms with Gasteiger partial charge in [0.25, 0.3) is 5.91 Å². The molecule has 1 N–H and O–H groups in total. The van der Waals surface area contributed by atoms with Crippen molar-refractivity contribution in [2.75, 3.05) is 11.6 Å². The fourth-order valence-corrected chi connectivity index (χ4v) is 3.18. The highest BCUT2D eigenvalue weighted by Crippen LogP contribution is 2.27. The van der Waals surface area contributed by atoms with Crippen LogP contribution in [0.4, 0.5) is 0 Å². The Balaban J connectivity index is 2.31. The molecule has 1 aromatic carbocycles. The molecule has 1 aliphatic heterocycles. The Morgan fingerprint density at radius 1 is 1.39 bits per heavy atom.